The lowest BCUT2D eigenvalue weighted by Gasteiger charge is -2.24. The second kappa shape index (κ2) is 11.2. The summed E-state index contributed by atoms with van der Waals surface area (Å²) in [6, 6.07) is 28.4. The molecule has 37 heavy (non-hydrogen) atoms. The summed E-state index contributed by atoms with van der Waals surface area (Å²) in [6.45, 7) is 8.01. The van der Waals surface area contributed by atoms with Gasteiger partial charge in [0.15, 0.2) is 0 Å². The van der Waals surface area contributed by atoms with Crippen molar-refractivity contribution < 1.29 is 13.5 Å². The maximum absolute atomic E-state index is 13.8. The fraction of sp³-hybridized carbons (Fsp3) is 0.133. The minimum absolute atomic E-state index is 0.113. The van der Waals surface area contributed by atoms with Crippen LogP contribution in [0, 0.1) is 0 Å². The Balaban J connectivity index is 1.76. The number of rotatable bonds is 9. The molecule has 4 aromatic rings. The van der Waals surface area contributed by atoms with Gasteiger partial charge in [-0.3, -0.25) is 4.72 Å². The van der Waals surface area contributed by atoms with Gasteiger partial charge in [-0.2, -0.15) is 0 Å². The van der Waals surface area contributed by atoms with Crippen LogP contribution in [0.1, 0.15) is 19.4 Å². The molecule has 0 unspecified atom stereocenters. The van der Waals surface area contributed by atoms with Crippen LogP contribution >= 0.6 is 11.8 Å². The number of nitrogens with zero attached hydrogens (tertiary/aromatic N) is 1. The van der Waals surface area contributed by atoms with E-state index in [0.29, 0.717) is 39.2 Å². The summed E-state index contributed by atoms with van der Waals surface area (Å²) >= 11 is 1.37. The number of nitrogens with one attached hydrogen (secondary N) is 1. The summed E-state index contributed by atoms with van der Waals surface area (Å²) in [7, 11) is -2.14. The third kappa shape index (κ3) is 6.01. The predicted molar refractivity (Wildman–Crippen MR) is 154 cm³/mol. The van der Waals surface area contributed by atoms with Crippen molar-refractivity contribution in [2.75, 3.05) is 11.8 Å². The third-order valence-electron chi connectivity index (χ3n) is 6.02. The Hall–Kier alpha value is -3.68. The van der Waals surface area contributed by atoms with Gasteiger partial charge in [0.1, 0.15) is 10.7 Å². The Kier molecular flexibility index (Phi) is 7.95. The van der Waals surface area contributed by atoms with Crippen molar-refractivity contribution in [1.29, 1.82) is 0 Å². The number of phenolic OH excluding ortho intramolecular Hbond substituents is 1. The van der Waals surface area contributed by atoms with E-state index < -0.39 is 10.0 Å². The van der Waals surface area contributed by atoms with Crippen molar-refractivity contribution in [3.8, 4) is 5.75 Å². The van der Waals surface area contributed by atoms with Crippen LogP contribution in [0.25, 0.3) is 10.8 Å². The van der Waals surface area contributed by atoms with Crippen molar-refractivity contribution in [2.24, 2.45) is 0 Å². The number of hydrogen-bond acceptors (Lipinski definition) is 5. The van der Waals surface area contributed by atoms with E-state index in [2.05, 4.69) is 11.3 Å². The van der Waals surface area contributed by atoms with E-state index in [1.165, 1.54) is 11.8 Å². The van der Waals surface area contributed by atoms with Crippen LogP contribution < -0.4 is 4.72 Å². The molecule has 0 spiro atoms. The minimum atomic E-state index is -4.01. The van der Waals surface area contributed by atoms with Gasteiger partial charge >= 0.3 is 0 Å². The van der Waals surface area contributed by atoms with Gasteiger partial charge in [-0.25, -0.2) is 8.42 Å². The van der Waals surface area contributed by atoms with Gasteiger partial charge in [-0.1, -0.05) is 91.1 Å². The molecule has 0 aliphatic rings. The highest BCUT2D eigenvalue weighted by Crippen LogP contribution is 2.43. The van der Waals surface area contributed by atoms with Crippen molar-refractivity contribution in [1.82, 2.24) is 4.90 Å². The van der Waals surface area contributed by atoms with Crippen molar-refractivity contribution >= 4 is 38.2 Å². The molecule has 0 aliphatic heterocycles. The molecular formula is C30H30N2O3S2. The summed E-state index contributed by atoms with van der Waals surface area (Å²) < 4.78 is 30.4. The fourth-order valence-corrected chi connectivity index (χ4v) is 6.68. The van der Waals surface area contributed by atoms with E-state index in [4.69, 9.17) is 0 Å². The number of sulfonamides is 1. The van der Waals surface area contributed by atoms with Crippen LogP contribution in [0.3, 0.4) is 0 Å². The van der Waals surface area contributed by atoms with Gasteiger partial charge in [0, 0.05) is 35.0 Å². The Bertz CT molecular complexity index is 1570. The molecule has 0 heterocycles. The van der Waals surface area contributed by atoms with Crippen LogP contribution in [0.15, 0.2) is 124 Å². The normalized spacial score (nSPS) is 12.2. The van der Waals surface area contributed by atoms with Crippen LogP contribution in [-0.4, -0.2) is 25.5 Å². The zero-order chi connectivity index (χ0) is 26.6. The standard InChI is InChI=1S/C30H30N2O3S2/c1-21(2)30(22(3)32(4)20-23-13-7-5-8-14-23)37(34,35)31-27-19-28(36-24-15-9-6-10-16-24)29(33)26-18-12-11-17-25(26)27/h5-19,31,33H,1,20H2,2-4H3/b30-22+. The van der Waals surface area contributed by atoms with Gasteiger partial charge in [0.25, 0.3) is 10.0 Å². The monoisotopic (exact) mass is 530 g/mol. The zero-order valence-corrected chi connectivity index (χ0v) is 22.7. The van der Waals surface area contributed by atoms with Crippen LogP contribution in [0.4, 0.5) is 5.69 Å². The molecule has 0 saturated carbocycles. The number of anilines is 1. The lowest BCUT2D eigenvalue weighted by atomic mass is 10.1. The highest BCUT2D eigenvalue weighted by atomic mass is 32.2. The summed E-state index contributed by atoms with van der Waals surface area (Å²) in [6.07, 6.45) is 0. The number of benzene rings is 4. The first kappa shape index (κ1) is 26.4. The molecule has 5 nitrogen and oxygen atoms in total. The van der Waals surface area contributed by atoms with Gasteiger partial charge in [0.05, 0.1) is 10.6 Å². The third-order valence-corrected chi connectivity index (χ3v) is 8.73. The average molecular weight is 531 g/mol. The van der Waals surface area contributed by atoms with Crippen molar-refractivity contribution in [2.45, 2.75) is 30.2 Å². The molecule has 0 atom stereocenters. The van der Waals surface area contributed by atoms with E-state index in [-0.39, 0.29) is 10.7 Å². The quantitative estimate of drug-likeness (QED) is 0.175. The van der Waals surface area contributed by atoms with Gasteiger partial charge in [-0.15, -0.1) is 0 Å². The van der Waals surface area contributed by atoms with E-state index in [1.54, 1.807) is 32.0 Å². The maximum Gasteiger partial charge on any atom is 0.263 e. The number of phenols is 1. The van der Waals surface area contributed by atoms with E-state index in [1.807, 2.05) is 84.7 Å². The van der Waals surface area contributed by atoms with E-state index >= 15 is 0 Å². The summed E-state index contributed by atoms with van der Waals surface area (Å²) in [4.78, 5) is 3.54. The molecule has 2 N–H and O–H groups in total. The van der Waals surface area contributed by atoms with Crippen molar-refractivity contribution in [3.63, 3.8) is 0 Å². The molecule has 7 heteroatoms. The first-order valence-electron chi connectivity index (χ1n) is 11.8. The van der Waals surface area contributed by atoms with Gasteiger partial charge < -0.3 is 10.0 Å². The smallest absolute Gasteiger partial charge is 0.263 e. The Labute approximate surface area is 223 Å². The number of aromatic hydroxyl groups is 1. The number of fused-ring (bicyclic) bond motifs is 1. The highest BCUT2D eigenvalue weighted by Gasteiger charge is 2.25. The first-order chi connectivity index (χ1) is 17.7. The van der Waals surface area contributed by atoms with Crippen LogP contribution in [0.5, 0.6) is 5.75 Å². The second-order valence-corrected chi connectivity index (χ2v) is 11.6. The molecule has 4 rings (SSSR count). The lowest BCUT2D eigenvalue weighted by Crippen LogP contribution is -2.23. The molecule has 0 aliphatic carbocycles. The number of hydrogen-bond donors (Lipinski definition) is 2. The molecule has 0 aromatic heterocycles. The predicted octanol–water partition coefficient (Wildman–Crippen LogP) is 7.38. The molecule has 4 aromatic carbocycles. The minimum Gasteiger partial charge on any atom is -0.506 e. The SMILES string of the molecule is C=C(C)/C(=C(/C)N(C)Cc1ccccc1)S(=O)(=O)Nc1cc(Sc2ccccc2)c(O)c2ccccc12. The largest absolute Gasteiger partial charge is 0.506 e. The van der Waals surface area contributed by atoms with Crippen LogP contribution in [0.2, 0.25) is 0 Å². The topological polar surface area (TPSA) is 69.6 Å². The Morgan fingerprint density at radius 1 is 0.919 bits per heavy atom. The lowest BCUT2D eigenvalue weighted by molar-refractivity contribution is 0.410. The molecular weight excluding hydrogens is 500 g/mol. The van der Waals surface area contributed by atoms with Crippen LogP contribution in [-0.2, 0) is 16.6 Å². The maximum atomic E-state index is 13.8. The summed E-state index contributed by atoms with van der Waals surface area (Å²) in [5.74, 6) is 0.113. The van der Waals surface area contributed by atoms with Gasteiger partial charge in [-0.05, 0) is 43.2 Å². The first-order valence-corrected chi connectivity index (χ1v) is 14.1. The van der Waals surface area contributed by atoms with E-state index in [9.17, 15) is 13.5 Å². The van der Waals surface area contributed by atoms with E-state index in [0.717, 1.165) is 10.5 Å². The average Bonchev–Trinajstić information content (AvgIpc) is 2.87. The molecule has 0 bridgehead atoms. The summed E-state index contributed by atoms with van der Waals surface area (Å²) in [5, 5.41) is 12.2. The fourth-order valence-electron chi connectivity index (χ4n) is 4.19. The molecule has 190 valence electrons. The second-order valence-electron chi connectivity index (χ2n) is 8.87. The molecule has 0 fully saturated rings. The Morgan fingerprint density at radius 3 is 2.11 bits per heavy atom. The van der Waals surface area contributed by atoms with Crippen molar-refractivity contribution in [3.05, 3.63) is 119 Å². The summed E-state index contributed by atoms with van der Waals surface area (Å²) in [5.41, 5.74) is 2.49. The Morgan fingerprint density at radius 2 is 1.49 bits per heavy atom. The number of allylic oxidation sites excluding steroid dienone is 2. The molecule has 0 radical (unpaired) electrons. The molecule has 0 saturated heterocycles. The highest BCUT2D eigenvalue weighted by molar-refractivity contribution is 7.99. The zero-order valence-electron chi connectivity index (χ0n) is 21.1. The van der Waals surface area contributed by atoms with Gasteiger partial charge in [0.2, 0.25) is 0 Å². The molecule has 0 amide bonds.